The summed E-state index contributed by atoms with van der Waals surface area (Å²) in [6, 6.07) is 9.74. The van der Waals surface area contributed by atoms with Crippen molar-refractivity contribution in [3.05, 3.63) is 29.8 Å². The molecule has 0 heterocycles. The van der Waals surface area contributed by atoms with E-state index in [9.17, 15) is 4.79 Å². The van der Waals surface area contributed by atoms with Crippen LogP contribution in [0.3, 0.4) is 0 Å². The number of anilines is 1. The molecule has 0 spiro atoms. The molecule has 1 unspecified atom stereocenters. The number of hydrogen-bond acceptors (Lipinski definition) is 2. The van der Waals surface area contributed by atoms with Gasteiger partial charge < -0.3 is 5.32 Å². The Morgan fingerprint density at radius 3 is 2.47 bits per heavy atom. The summed E-state index contributed by atoms with van der Waals surface area (Å²) in [5.41, 5.74) is 1.98. The summed E-state index contributed by atoms with van der Waals surface area (Å²) >= 11 is 0. The minimum Gasteiger partial charge on any atom is -0.325 e. The number of carbonyl (C=O) groups excluding carboxylic acids is 1. The molecule has 0 aliphatic heterocycles. The molecule has 0 aliphatic carbocycles. The molecule has 3 heteroatoms. The van der Waals surface area contributed by atoms with E-state index in [1.807, 2.05) is 37.3 Å². The Morgan fingerprint density at radius 1 is 1.35 bits per heavy atom. The van der Waals surface area contributed by atoms with Crippen LogP contribution in [0.25, 0.3) is 0 Å². The third-order valence-electron chi connectivity index (χ3n) is 2.68. The molecule has 0 saturated carbocycles. The maximum absolute atomic E-state index is 11.8. The van der Waals surface area contributed by atoms with Gasteiger partial charge in [-0.2, -0.15) is 5.26 Å². The molecule has 1 rings (SSSR count). The molecule has 1 atom stereocenters. The van der Waals surface area contributed by atoms with Gasteiger partial charge in [0, 0.05) is 5.69 Å². The predicted octanol–water partition coefficient (Wildman–Crippen LogP) is 3.13. The first-order valence-corrected chi connectivity index (χ1v) is 6.00. The lowest BCUT2D eigenvalue weighted by Gasteiger charge is -2.09. The highest BCUT2D eigenvalue weighted by molar-refractivity contribution is 5.94. The number of nitrogens with zero attached hydrogens (tertiary/aromatic N) is 1. The van der Waals surface area contributed by atoms with Crippen LogP contribution in [0.2, 0.25) is 0 Å². The molecular weight excluding hydrogens is 212 g/mol. The molecule has 90 valence electrons. The summed E-state index contributed by atoms with van der Waals surface area (Å²) < 4.78 is 0. The lowest BCUT2D eigenvalue weighted by Crippen LogP contribution is -2.21. The molecule has 1 aromatic carbocycles. The average molecular weight is 230 g/mol. The molecule has 3 nitrogen and oxygen atoms in total. The molecule has 0 fully saturated rings. The second-order valence-electron chi connectivity index (χ2n) is 4.01. The fraction of sp³-hybridized carbons (Fsp3) is 0.429. The van der Waals surface area contributed by atoms with E-state index in [2.05, 4.69) is 12.2 Å². The van der Waals surface area contributed by atoms with E-state index in [0.717, 1.165) is 18.5 Å². The van der Waals surface area contributed by atoms with Crippen LogP contribution >= 0.6 is 0 Å². The Hall–Kier alpha value is -1.82. The normalized spacial score (nSPS) is 11.6. The molecular formula is C14H18N2O. The quantitative estimate of drug-likeness (QED) is 0.844. The number of nitrogens with one attached hydrogen (secondary N) is 1. The fourth-order valence-electron chi connectivity index (χ4n) is 1.60. The highest BCUT2D eigenvalue weighted by Gasteiger charge is 2.16. The topological polar surface area (TPSA) is 52.9 Å². The van der Waals surface area contributed by atoms with Gasteiger partial charge in [0.1, 0.15) is 5.92 Å². The molecule has 1 aromatic rings. The highest BCUT2D eigenvalue weighted by Crippen LogP contribution is 2.13. The number of nitriles is 1. The van der Waals surface area contributed by atoms with Gasteiger partial charge in [-0.25, -0.2) is 0 Å². The number of benzene rings is 1. The number of rotatable bonds is 5. The maximum atomic E-state index is 11.8. The van der Waals surface area contributed by atoms with Crippen LogP contribution in [-0.2, 0) is 11.2 Å². The summed E-state index contributed by atoms with van der Waals surface area (Å²) in [5.74, 6) is -0.760. The second kappa shape index (κ2) is 6.70. The van der Waals surface area contributed by atoms with E-state index in [0.29, 0.717) is 6.42 Å². The highest BCUT2D eigenvalue weighted by atomic mass is 16.1. The van der Waals surface area contributed by atoms with Gasteiger partial charge in [-0.05, 0) is 30.5 Å². The van der Waals surface area contributed by atoms with Crippen LogP contribution in [0, 0.1) is 17.2 Å². The number of aryl methyl sites for hydroxylation is 1. The first kappa shape index (κ1) is 13.2. The first-order chi connectivity index (χ1) is 8.21. The van der Waals surface area contributed by atoms with Crippen LogP contribution in [0.5, 0.6) is 0 Å². The zero-order valence-electron chi connectivity index (χ0n) is 10.4. The summed E-state index contributed by atoms with van der Waals surface area (Å²) in [5, 5.41) is 11.6. The first-order valence-electron chi connectivity index (χ1n) is 6.00. The van der Waals surface area contributed by atoms with E-state index in [1.165, 1.54) is 5.56 Å². The average Bonchev–Trinajstić information content (AvgIpc) is 2.36. The zero-order chi connectivity index (χ0) is 12.7. The van der Waals surface area contributed by atoms with Gasteiger partial charge >= 0.3 is 0 Å². The van der Waals surface area contributed by atoms with Crippen molar-refractivity contribution in [3.8, 4) is 6.07 Å². The minimum absolute atomic E-state index is 0.210. The lowest BCUT2D eigenvalue weighted by atomic mass is 10.0. The van der Waals surface area contributed by atoms with Crippen molar-refractivity contribution in [2.45, 2.75) is 33.1 Å². The summed E-state index contributed by atoms with van der Waals surface area (Å²) in [6.45, 7) is 4.05. The van der Waals surface area contributed by atoms with Crippen molar-refractivity contribution in [1.29, 1.82) is 5.26 Å². The number of carbonyl (C=O) groups is 1. The van der Waals surface area contributed by atoms with E-state index in [1.54, 1.807) is 0 Å². The van der Waals surface area contributed by atoms with E-state index < -0.39 is 5.92 Å². The van der Waals surface area contributed by atoms with Gasteiger partial charge in [0.15, 0.2) is 0 Å². The van der Waals surface area contributed by atoms with Crippen molar-refractivity contribution in [1.82, 2.24) is 0 Å². The van der Waals surface area contributed by atoms with Crippen LogP contribution in [0.1, 0.15) is 32.3 Å². The Morgan fingerprint density at radius 2 is 2.00 bits per heavy atom. The largest absolute Gasteiger partial charge is 0.325 e. The molecule has 0 bridgehead atoms. The Bertz CT molecular complexity index is 403. The van der Waals surface area contributed by atoms with Gasteiger partial charge in [-0.3, -0.25) is 4.79 Å². The van der Waals surface area contributed by atoms with Gasteiger partial charge in [0.05, 0.1) is 6.07 Å². The third-order valence-corrected chi connectivity index (χ3v) is 2.68. The summed E-state index contributed by atoms with van der Waals surface area (Å²) in [4.78, 5) is 11.8. The summed E-state index contributed by atoms with van der Waals surface area (Å²) in [7, 11) is 0. The van der Waals surface area contributed by atoms with E-state index in [-0.39, 0.29) is 5.91 Å². The molecule has 17 heavy (non-hydrogen) atoms. The molecule has 1 amide bonds. The molecule has 0 saturated heterocycles. The van der Waals surface area contributed by atoms with Crippen LogP contribution < -0.4 is 5.32 Å². The van der Waals surface area contributed by atoms with Crippen molar-refractivity contribution in [2.24, 2.45) is 5.92 Å². The molecule has 1 N–H and O–H groups in total. The standard InChI is InChI=1S/C14H18N2O/c1-3-5-12(10-15)14(17)16-13-8-6-11(4-2)7-9-13/h6-9,12H,3-5H2,1-2H3,(H,16,17). The van der Waals surface area contributed by atoms with E-state index in [4.69, 9.17) is 5.26 Å². The van der Waals surface area contributed by atoms with Crippen molar-refractivity contribution >= 4 is 11.6 Å². The molecule has 0 radical (unpaired) electrons. The van der Waals surface area contributed by atoms with Crippen molar-refractivity contribution < 1.29 is 4.79 Å². The van der Waals surface area contributed by atoms with Crippen molar-refractivity contribution in [3.63, 3.8) is 0 Å². The lowest BCUT2D eigenvalue weighted by molar-refractivity contribution is -0.118. The monoisotopic (exact) mass is 230 g/mol. The van der Waals surface area contributed by atoms with Gasteiger partial charge in [-0.15, -0.1) is 0 Å². The van der Waals surface area contributed by atoms with Gasteiger partial charge in [-0.1, -0.05) is 32.4 Å². The van der Waals surface area contributed by atoms with Gasteiger partial charge in [0.2, 0.25) is 5.91 Å². The molecule has 0 aliphatic rings. The smallest absolute Gasteiger partial charge is 0.241 e. The maximum Gasteiger partial charge on any atom is 0.241 e. The van der Waals surface area contributed by atoms with Crippen molar-refractivity contribution in [2.75, 3.05) is 5.32 Å². The Balaban J connectivity index is 2.64. The zero-order valence-corrected chi connectivity index (χ0v) is 10.4. The Kier molecular flexibility index (Phi) is 5.22. The number of hydrogen-bond donors (Lipinski definition) is 1. The Labute approximate surface area is 102 Å². The second-order valence-corrected chi connectivity index (χ2v) is 4.01. The fourth-order valence-corrected chi connectivity index (χ4v) is 1.60. The number of amides is 1. The van der Waals surface area contributed by atoms with Crippen LogP contribution in [0.4, 0.5) is 5.69 Å². The molecule has 0 aromatic heterocycles. The SMILES string of the molecule is CCCC(C#N)C(=O)Nc1ccc(CC)cc1. The predicted molar refractivity (Wildman–Crippen MR) is 68.5 cm³/mol. The van der Waals surface area contributed by atoms with Gasteiger partial charge in [0.25, 0.3) is 0 Å². The van der Waals surface area contributed by atoms with Crippen LogP contribution in [-0.4, -0.2) is 5.91 Å². The van der Waals surface area contributed by atoms with Crippen LogP contribution in [0.15, 0.2) is 24.3 Å². The third kappa shape index (κ3) is 3.92. The van der Waals surface area contributed by atoms with E-state index >= 15 is 0 Å². The summed E-state index contributed by atoms with van der Waals surface area (Å²) in [6.07, 6.45) is 2.42. The minimum atomic E-state index is -0.550.